The van der Waals surface area contributed by atoms with Crippen LogP contribution in [0.3, 0.4) is 0 Å². The van der Waals surface area contributed by atoms with Crippen LogP contribution in [0.5, 0.6) is 0 Å². The van der Waals surface area contributed by atoms with E-state index in [0.717, 1.165) is 42.7 Å². The smallest absolute Gasteiger partial charge is 0.273 e. The summed E-state index contributed by atoms with van der Waals surface area (Å²) in [6, 6.07) is 20.3. The first-order valence-electron chi connectivity index (χ1n) is 9.38. The molecule has 5 rings (SSSR count). The van der Waals surface area contributed by atoms with Crippen LogP contribution >= 0.6 is 11.3 Å². The van der Waals surface area contributed by atoms with Crippen molar-refractivity contribution >= 4 is 33.3 Å². The average Bonchev–Trinajstić information content (AvgIpc) is 3.32. The Bertz CT molecular complexity index is 1100. The molecule has 5 nitrogen and oxygen atoms in total. The van der Waals surface area contributed by atoms with Gasteiger partial charge in [-0.05, 0) is 17.7 Å². The van der Waals surface area contributed by atoms with Crippen LogP contribution in [0, 0.1) is 0 Å². The van der Waals surface area contributed by atoms with E-state index >= 15 is 0 Å². The standard InChI is InChI=1S/C22H20N4OS/c27-21(19-12-16-8-4-5-9-17(16)23-19)25-22-24-18-10-11-26(14-20(18)28-22)13-15-6-2-1-3-7-15/h1-9,12,23H,10-11,13-14H2,(H,24,25,27). The molecular formula is C22H20N4OS. The van der Waals surface area contributed by atoms with E-state index in [1.807, 2.05) is 36.4 Å². The van der Waals surface area contributed by atoms with Gasteiger partial charge in [-0.25, -0.2) is 4.98 Å². The topological polar surface area (TPSA) is 61.0 Å². The lowest BCUT2D eigenvalue weighted by Gasteiger charge is -2.25. The molecule has 6 heteroatoms. The van der Waals surface area contributed by atoms with Gasteiger partial charge in [-0.1, -0.05) is 48.5 Å². The number of thiazole rings is 1. The number of carbonyl (C=O) groups is 1. The van der Waals surface area contributed by atoms with E-state index in [2.05, 4.69) is 44.5 Å². The Morgan fingerprint density at radius 1 is 1.14 bits per heavy atom. The summed E-state index contributed by atoms with van der Waals surface area (Å²) in [6.45, 7) is 2.81. The average molecular weight is 388 g/mol. The third-order valence-electron chi connectivity index (χ3n) is 5.05. The molecule has 2 aromatic heterocycles. The van der Waals surface area contributed by atoms with Crippen LogP contribution in [0.1, 0.15) is 26.6 Å². The van der Waals surface area contributed by atoms with Crippen molar-refractivity contribution in [2.75, 3.05) is 11.9 Å². The Balaban J connectivity index is 1.28. The zero-order valence-electron chi connectivity index (χ0n) is 15.3. The van der Waals surface area contributed by atoms with Crippen LogP contribution in [-0.4, -0.2) is 27.3 Å². The van der Waals surface area contributed by atoms with E-state index in [4.69, 9.17) is 0 Å². The minimum Gasteiger partial charge on any atom is -0.351 e. The summed E-state index contributed by atoms with van der Waals surface area (Å²) < 4.78 is 0. The Morgan fingerprint density at radius 2 is 1.96 bits per heavy atom. The highest BCUT2D eigenvalue weighted by Crippen LogP contribution is 2.29. The second kappa shape index (κ2) is 7.22. The van der Waals surface area contributed by atoms with Crippen molar-refractivity contribution in [2.24, 2.45) is 0 Å². The molecule has 0 radical (unpaired) electrons. The van der Waals surface area contributed by atoms with Crippen LogP contribution in [0.25, 0.3) is 10.9 Å². The minimum atomic E-state index is -0.150. The number of nitrogens with zero attached hydrogens (tertiary/aromatic N) is 2. The first-order valence-corrected chi connectivity index (χ1v) is 10.2. The minimum absolute atomic E-state index is 0.150. The number of para-hydroxylation sites is 1. The first-order chi connectivity index (χ1) is 13.7. The van der Waals surface area contributed by atoms with Gasteiger partial charge in [0.15, 0.2) is 5.13 Å². The maximum atomic E-state index is 12.6. The van der Waals surface area contributed by atoms with Gasteiger partial charge in [0.25, 0.3) is 5.91 Å². The van der Waals surface area contributed by atoms with Crippen LogP contribution in [0.2, 0.25) is 0 Å². The van der Waals surface area contributed by atoms with Crippen molar-refractivity contribution in [2.45, 2.75) is 19.5 Å². The number of aromatic amines is 1. The molecule has 1 aliphatic rings. The normalized spacial score (nSPS) is 14.1. The van der Waals surface area contributed by atoms with Gasteiger partial charge in [0, 0.05) is 41.8 Å². The van der Waals surface area contributed by atoms with E-state index < -0.39 is 0 Å². The van der Waals surface area contributed by atoms with Crippen molar-refractivity contribution in [1.82, 2.24) is 14.9 Å². The number of benzene rings is 2. The molecular weight excluding hydrogens is 368 g/mol. The highest BCUT2D eigenvalue weighted by molar-refractivity contribution is 7.15. The van der Waals surface area contributed by atoms with Crippen LogP contribution < -0.4 is 5.32 Å². The van der Waals surface area contributed by atoms with E-state index in [0.29, 0.717) is 10.8 Å². The summed E-state index contributed by atoms with van der Waals surface area (Å²) in [7, 11) is 0. The van der Waals surface area contributed by atoms with E-state index in [-0.39, 0.29) is 5.91 Å². The van der Waals surface area contributed by atoms with E-state index in [1.165, 1.54) is 10.4 Å². The first kappa shape index (κ1) is 17.2. The number of fused-ring (bicyclic) bond motifs is 2. The summed E-state index contributed by atoms with van der Waals surface area (Å²) in [5.41, 5.74) is 3.95. The number of amides is 1. The van der Waals surface area contributed by atoms with Crippen LogP contribution in [0.15, 0.2) is 60.7 Å². The van der Waals surface area contributed by atoms with E-state index in [9.17, 15) is 4.79 Å². The second-order valence-electron chi connectivity index (χ2n) is 7.06. The number of anilines is 1. The Kier molecular flexibility index (Phi) is 4.43. The number of nitrogens with one attached hydrogen (secondary N) is 2. The highest BCUT2D eigenvalue weighted by Gasteiger charge is 2.22. The van der Waals surface area contributed by atoms with Crippen LogP contribution in [0.4, 0.5) is 5.13 Å². The summed E-state index contributed by atoms with van der Waals surface area (Å²) >= 11 is 1.58. The summed E-state index contributed by atoms with van der Waals surface area (Å²) in [5.74, 6) is -0.150. The maximum absolute atomic E-state index is 12.6. The fraction of sp³-hybridized carbons (Fsp3) is 0.182. The molecule has 28 heavy (non-hydrogen) atoms. The van der Waals surface area contributed by atoms with Gasteiger partial charge in [-0.2, -0.15) is 0 Å². The van der Waals surface area contributed by atoms with Gasteiger partial charge in [0.2, 0.25) is 0 Å². The molecule has 0 aliphatic carbocycles. The maximum Gasteiger partial charge on any atom is 0.273 e. The third kappa shape index (κ3) is 3.44. The zero-order valence-corrected chi connectivity index (χ0v) is 16.1. The largest absolute Gasteiger partial charge is 0.351 e. The number of hydrogen-bond donors (Lipinski definition) is 2. The van der Waals surface area contributed by atoms with Gasteiger partial charge in [0.1, 0.15) is 5.69 Å². The number of rotatable bonds is 4. The van der Waals surface area contributed by atoms with Gasteiger partial charge < -0.3 is 4.98 Å². The van der Waals surface area contributed by atoms with Crippen molar-refractivity contribution in [1.29, 1.82) is 0 Å². The lowest BCUT2D eigenvalue weighted by Crippen LogP contribution is -2.29. The quantitative estimate of drug-likeness (QED) is 0.543. The number of aromatic nitrogens is 2. The second-order valence-corrected chi connectivity index (χ2v) is 8.14. The van der Waals surface area contributed by atoms with Crippen molar-refractivity contribution < 1.29 is 4.79 Å². The molecule has 0 atom stereocenters. The number of H-pyrrole nitrogens is 1. The number of hydrogen-bond acceptors (Lipinski definition) is 4. The van der Waals surface area contributed by atoms with Gasteiger partial charge in [-0.3, -0.25) is 15.0 Å². The third-order valence-corrected chi connectivity index (χ3v) is 6.05. The van der Waals surface area contributed by atoms with Gasteiger partial charge in [-0.15, -0.1) is 11.3 Å². The summed E-state index contributed by atoms with van der Waals surface area (Å²) in [5, 5.41) is 4.67. The molecule has 0 bridgehead atoms. The van der Waals surface area contributed by atoms with Gasteiger partial charge in [0.05, 0.1) is 5.69 Å². The molecule has 0 saturated heterocycles. The Labute approximate surface area is 167 Å². The molecule has 3 heterocycles. The number of carbonyl (C=O) groups excluding carboxylic acids is 1. The lowest BCUT2D eigenvalue weighted by molar-refractivity contribution is 0.102. The van der Waals surface area contributed by atoms with Crippen LogP contribution in [-0.2, 0) is 19.5 Å². The predicted octanol–water partition coefficient (Wildman–Crippen LogP) is 4.44. The molecule has 0 fully saturated rings. The fourth-order valence-electron chi connectivity index (χ4n) is 3.64. The molecule has 2 N–H and O–H groups in total. The van der Waals surface area contributed by atoms with E-state index in [1.54, 1.807) is 11.3 Å². The Hall–Kier alpha value is -2.96. The molecule has 2 aromatic carbocycles. The molecule has 0 unspecified atom stereocenters. The predicted molar refractivity (Wildman–Crippen MR) is 113 cm³/mol. The molecule has 1 aliphatic heterocycles. The molecule has 0 saturated carbocycles. The Morgan fingerprint density at radius 3 is 2.82 bits per heavy atom. The zero-order chi connectivity index (χ0) is 18.9. The molecule has 1 amide bonds. The monoisotopic (exact) mass is 388 g/mol. The van der Waals surface area contributed by atoms with Crippen molar-refractivity contribution in [3.05, 3.63) is 82.5 Å². The summed E-state index contributed by atoms with van der Waals surface area (Å²) in [4.78, 5) is 24.1. The van der Waals surface area contributed by atoms with Crippen molar-refractivity contribution in [3.63, 3.8) is 0 Å². The highest BCUT2D eigenvalue weighted by atomic mass is 32.1. The van der Waals surface area contributed by atoms with Gasteiger partial charge >= 0.3 is 0 Å². The summed E-state index contributed by atoms with van der Waals surface area (Å²) in [6.07, 6.45) is 0.918. The fourth-order valence-corrected chi connectivity index (χ4v) is 4.68. The molecule has 140 valence electrons. The SMILES string of the molecule is O=C(Nc1nc2c(s1)CN(Cc1ccccc1)CC2)c1cc2ccccc2[nH]1. The molecule has 4 aromatic rings. The molecule has 0 spiro atoms. The van der Waals surface area contributed by atoms with Crippen molar-refractivity contribution in [3.8, 4) is 0 Å². The lowest BCUT2D eigenvalue weighted by atomic mass is 10.1.